The van der Waals surface area contributed by atoms with Crippen LogP contribution in [0.4, 0.5) is 24.8 Å². The largest absolute Gasteiger partial charge is 0.416 e. The lowest BCUT2D eigenvalue weighted by Crippen LogP contribution is -2.15. The predicted octanol–water partition coefficient (Wildman–Crippen LogP) is 5.65. The van der Waals surface area contributed by atoms with Crippen LogP contribution in [0.15, 0.2) is 79.4 Å². The number of alkyl halides is 3. The summed E-state index contributed by atoms with van der Waals surface area (Å²) in [5.41, 5.74) is 2.87. The first-order valence-corrected chi connectivity index (χ1v) is 10.7. The molecule has 35 heavy (non-hydrogen) atoms. The quantitative estimate of drug-likeness (QED) is 0.407. The van der Waals surface area contributed by atoms with Crippen molar-refractivity contribution in [2.24, 2.45) is 0 Å². The zero-order valence-corrected chi connectivity index (χ0v) is 19.6. The summed E-state index contributed by atoms with van der Waals surface area (Å²) in [5.74, 6) is 0.119. The first kappa shape index (κ1) is 25.5. The smallest absolute Gasteiger partial charge is 0.382 e. The molecule has 0 spiro atoms. The highest BCUT2D eigenvalue weighted by atomic mass is 19.4. The van der Waals surface area contributed by atoms with Crippen molar-refractivity contribution in [3.8, 4) is 11.1 Å². The Kier molecular flexibility index (Phi) is 7.91. The van der Waals surface area contributed by atoms with Gasteiger partial charge in [-0.3, -0.25) is 4.79 Å². The zero-order valence-electron chi connectivity index (χ0n) is 19.6. The molecule has 0 aliphatic carbocycles. The molecule has 0 aliphatic rings. The lowest BCUT2D eigenvalue weighted by Gasteiger charge is -2.12. The molecular formula is C26H26F3N5O. The fourth-order valence-electron chi connectivity index (χ4n) is 3.35. The minimum Gasteiger partial charge on any atom is -0.382 e. The van der Waals surface area contributed by atoms with E-state index in [0.29, 0.717) is 11.6 Å². The second-order valence-electron chi connectivity index (χ2n) is 8.12. The molecule has 1 aromatic heterocycles. The second-order valence-corrected chi connectivity index (χ2v) is 8.12. The number of allylic oxidation sites excluding steroid dienone is 1. The molecule has 6 nitrogen and oxygen atoms in total. The molecule has 2 N–H and O–H groups in total. The number of hydrogen-bond acceptors (Lipinski definition) is 5. The molecule has 3 rings (SSSR count). The van der Waals surface area contributed by atoms with Gasteiger partial charge in [0.05, 0.1) is 17.7 Å². The van der Waals surface area contributed by atoms with E-state index < -0.39 is 11.7 Å². The number of nitrogens with zero attached hydrogens (tertiary/aromatic N) is 3. The van der Waals surface area contributed by atoms with Crippen molar-refractivity contribution in [2.45, 2.75) is 19.5 Å². The summed E-state index contributed by atoms with van der Waals surface area (Å²) in [4.78, 5) is 22.9. The van der Waals surface area contributed by atoms with Crippen molar-refractivity contribution in [3.05, 3.63) is 96.1 Å². The Labute approximate surface area is 202 Å². The van der Waals surface area contributed by atoms with Gasteiger partial charge in [-0.2, -0.15) is 13.2 Å². The Bertz CT molecular complexity index is 1220. The number of halogens is 3. The highest BCUT2D eigenvalue weighted by Gasteiger charge is 2.32. The van der Waals surface area contributed by atoms with Gasteiger partial charge in [0.25, 0.3) is 0 Å². The molecule has 1 amide bonds. The molecule has 3 aromatic rings. The molecule has 2 aromatic carbocycles. The van der Waals surface area contributed by atoms with Gasteiger partial charge in [0, 0.05) is 43.9 Å². The number of rotatable bonds is 8. The van der Waals surface area contributed by atoms with E-state index in [9.17, 15) is 18.0 Å². The maximum atomic E-state index is 12.9. The van der Waals surface area contributed by atoms with Crippen molar-refractivity contribution in [2.75, 3.05) is 24.7 Å². The number of hydrogen-bond donors (Lipinski definition) is 2. The van der Waals surface area contributed by atoms with Gasteiger partial charge in [-0.25, -0.2) is 9.97 Å². The molecule has 1 heterocycles. The van der Waals surface area contributed by atoms with Crippen LogP contribution >= 0.6 is 0 Å². The Hall–Kier alpha value is -4.14. The summed E-state index contributed by atoms with van der Waals surface area (Å²) in [6.45, 7) is 5.12. The number of anilines is 2. The molecule has 0 aliphatic heterocycles. The fraction of sp³-hybridized carbons (Fsp3) is 0.192. The average molecular weight is 482 g/mol. The zero-order chi connectivity index (χ0) is 25.6. The Morgan fingerprint density at radius 1 is 1.03 bits per heavy atom. The van der Waals surface area contributed by atoms with Gasteiger partial charge in [-0.15, -0.1) is 0 Å². The van der Waals surface area contributed by atoms with Crippen molar-refractivity contribution in [1.29, 1.82) is 0 Å². The number of carbonyl (C=O) groups is 1. The first-order chi connectivity index (χ1) is 16.5. The lowest BCUT2D eigenvalue weighted by molar-refractivity contribution is -0.138. The van der Waals surface area contributed by atoms with Crippen LogP contribution in [-0.2, 0) is 17.4 Å². The predicted molar refractivity (Wildman–Crippen MR) is 132 cm³/mol. The second kappa shape index (κ2) is 10.9. The van der Waals surface area contributed by atoms with Gasteiger partial charge >= 0.3 is 6.18 Å². The van der Waals surface area contributed by atoms with E-state index in [2.05, 4.69) is 27.2 Å². The van der Waals surface area contributed by atoms with Crippen LogP contribution < -0.4 is 10.6 Å². The summed E-state index contributed by atoms with van der Waals surface area (Å²) >= 11 is 0. The van der Waals surface area contributed by atoms with Crippen LogP contribution in [0, 0.1) is 6.92 Å². The highest BCUT2D eigenvalue weighted by molar-refractivity contribution is 5.92. The van der Waals surface area contributed by atoms with Crippen molar-refractivity contribution in [1.82, 2.24) is 14.9 Å². The van der Waals surface area contributed by atoms with Crippen LogP contribution in [-0.4, -0.2) is 34.9 Å². The molecular weight excluding hydrogens is 455 g/mol. The topological polar surface area (TPSA) is 70.2 Å². The van der Waals surface area contributed by atoms with Gasteiger partial charge in [0.1, 0.15) is 0 Å². The van der Waals surface area contributed by atoms with Crippen LogP contribution in [0.1, 0.15) is 16.7 Å². The molecule has 0 fully saturated rings. The van der Waals surface area contributed by atoms with Crippen LogP contribution in [0.5, 0.6) is 0 Å². The molecule has 0 saturated heterocycles. The minimum absolute atomic E-state index is 0.0533. The third-order valence-corrected chi connectivity index (χ3v) is 4.99. The van der Waals surface area contributed by atoms with Crippen LogP contribution in [0.25, 0.3) is 11.1 Å². The minimum atomic E-state index is -4.42. The SMILES string of the molecule is C=C/C(=C\N(C)C)Nc1ncc(-c2ccc(CC(=O)Nc3ccc(C(F)(F)F)c(C)c3)cc2)cn1. The highest BCUT2D eigenvalue weighted by Crippen LogP contribution is 2.33. The molecule has 0 saturated carbocycles. The molecule has 182 valence electrons. The summed E-state index contributed by atoms with van der Waals surface area (Å²) in [5, 5.41) is 5.73. The molecule has 0 bridgehead atoms. The van der Waals surface area contributed by atoms with E-state index in [1.807, 2.05) is 49.5 Å². The van der Waals surface area contributed by atoms with Crippen LogP contribution in [0.2, 0.25) is 0 Å². The molecule has 0 atom stereocenters. The number of nitrogens with one attached hydrogen (secondary N) is 2. The number of carbonyl (C=O) groups excluding carboxylic acids is 1. The lowest BCUT2D eigenvalue weighted by atomic mass is 10.0. The monoisotopic (exact) mass is 481 g/mol. The van der Waals surface area contributed by atoms with E-state index in [1.54, 1.807) is 18.5 Å². The summed E-state index contributed by atoms with van der Waals surface area (Å²) in [6.07, 6.45) is 2.58. The third kappa shape index (κ3) is 7.17. The number of aromatic nitrogens is 2. The Morgan fingerprint density at radius 3 is 2.23 bits per heavy atom. The maximum Gasteiger partial charge on any atom is 0.416 e. The Balaban J connectivity index is 1.61. The van der Waals surface area contributed by atoms with E-state index in [-0.39, 0.29) is 17.9 Å². The summed E-state index contributed by atoms with van der Waals surface area (Å²) < 4.78 is 38.7. The fourth-order valence-corrected chi connectivity index (χ4v) is 3.35. The van der Waals surface area contributed by atoms with Crippen molar-refractivity contribution in [3.63, 3.8) is 0 Å². The molecule has 0 radical (unpaired) electrons. The number of benzene rings is 2. The molecule has 0 unspecified atom stereocenters. The average Bonchev–Trinajstić information content (AvgIpc) is 2.78. The van der Waals surface area contributed by atoms with Crippen molar-refractivity contribution < 1.29 is 18.0 Å². The van der Waals surface area contributed by atoms with Gasteiger partial charge in [0.15, 0.2) is 0 Å². The van der Waals surface area contributed by atoms with Gasteiger partial charge < -0.3 is 15.5 Å². The summed E-state index contributed by atoms with van der Waals surface area (Å²) in [7, 11) is 3.80. The normalized spacial score (nSPS) is 11.7. The maximum absolute atomic E-state index is 12.9. The van der Waals surface area contributed by atoms with Gasteiger partial charge in [0.2, 0.25) is 11.9 Å². The summed E-state index contributed by atoms with van der Waals surface area (Å²) in [6, 6.07) is 10.9. The first-order valence-electron chi connectivity index (χ1n) is 10.7. The standard InChI is InChI=1S/C26H26F3N5O/c1-5-21(16-34(3)4)33-25-30-14-20(15-31-25)19-8-6-18(7-9-19)13-24(35)32-22-10-11-23(17(2)12-22)26(27,28)29/h5-12,14-16H,1,13H2,2-4H3,(H,32,35)(H,30,31,33)/b21-16+. The number of aryl methyl sites for hydroxylation is 1. The number of amides is 1. The Morgan fingerprint density at radius 2 is 1.69 bits per heavy atom. The van der Waals surface area contributed by atoms with Gasteiger partial charge in [-0.05, 0) is 47.9 Å². The van der Waals surface area contributed by atoms with E-state index in [1.165, 1.54) is 19.1 Å². The molecule has 9 heteroatoms. The third-order valence-electron chi connectivity index (χ3n) is 4.99. The van der Waals surface area contributed by atoms with Crippen LogP contribution in [0.3, 0.4) is 0 Å². The van der Waals surface area contributed by atoms with Gasteiger partial charge in [-0.1, -0.05) is 30.8 Å². The van der Waals surface area contributed by atoms with E-state index >= 15 is 0 Å². The van der Waals surface area contributed by atoms with E-state index in [4.69, 9.17) is 0 Å². The van der Waals surface area contributed by atoms with E-state index in [0.717, 1.165) is 28.5 Å². The van der Waals surface area contributed by atoms with Crippen molar-refractivity contribution >= 4 is 17.5 Å².